The third-order valence-corrected chi connectivity index (χ3v) is 5.98. The summed E-state index contributed by atoms with van der Waals surface area (Å²) in [5, 5.41) is 2.31. The molecule has 3 atom stereocenters. The number of rotatable bonds is 5. The van der Waals surface area contributed by atoms with Gasteiger partial charge in [-0.05, 0) is 41.8 Å². The van der Waals surface area contributed by atoms with Gasteiger partial charge in [0.25, 0.3) is 0 Å². The number of likely N-dealkylation sites (tertiary alicyclic amines) is 1. The van der Waals surface area contributed by atoms with E-state index in [2.05, 4.69) is 24.3 Å². The van der Waals surface area contributed by atoms with Crippen molar-refractivity contribution in [1.82, 2.24) is 4.90 Å². The third kappa shape index (κ3) is 3.44. The van der Waals surface area contributed by atoms with Crippen LogP contribution >= 0.6 is 0 Å². The molecule has 1 aliphatic heterocycles. The van der Waals surface area contributed by atoms with Gasteiger partial charge in [-0.25, -0.2) is 4.90 Å². The van der Waals surface area contributed by atoms with Crippen molar-refractivity contribution in [3.05, 3.63) is 42.0 Å². The monoisotopic (exact) mass is 367 g/mol. The standard InChI is InChI=1S/C22H26N2O3/c1-23(14-24-21(25)19-5-3-4-6-20(19)22(24)26)13-15-7-8-17-12-18(27-2)10-9-16(17)11-15/h7-12,19-20H,3-6,13-14H2,1-2H3/p+1/t19-,20+. The Morgan fingerprint density at radius 3 is 2.30 bits per heavy atom. The van der Waals surface area contributed by atoms with Gasteiger partial charge in [0.2, 0.25) is 11.8 Å². The summed E-state index contributed by atoms with van der Waals surface area (Å²) in [4.78, 5) is 28.0. The van der Waals surface area contributed by atoms with E-state index in [0.29, 0.717) is 6.67 Å². The summed E-state index contributed by atoms with van der Waals surface area (Å²) in [5.41, 5.74) is 1.20. The molecule has 1 saturated heterocycles. The lowest BCUT2D eigenvalue weighted by atomic mass is 9.81. The molecule has 27 heavy (non-hydrogen) atoms. The van der Waals surface area contributed by atoms with Gasteiger partial charge in [-0.2, -0.15) is 0 Å². The minimum absolute atomic E-state index is 0.0506. The van der Waals surface area contributed by atoms with Crippen molar-refractivity contribution in [2.45, 2.75) is 32.2 Å². The second-order valence-corrected chi connectivity index (χ2v) is 7.94. The number of nitrogens with one attached hydrogen (secondary N) is 1. The van der Waals surface area contributed by atoms with E-state index in [4.69, 9.17) is 4.74 Å². The zero-order valence-corrected chi connectivity index (χ0v) is 16.0. The number of nitrogens with zero attached hydrogens (tertiary/aromatic N) is 1. The number of amides is 2. The molecule has 0 aromatic heterocycles. The number of methoxy groups -OCH3 is 1. The Labute approximate surface area is 159 Å². The Kier molecular flexibility index (Phi) is 4.87. The normalized spacial score (nSPS) is 23.6. The van der Waals surface area contributed by atoms with Crippen molar-refractivity contribution < 1.29 is 19.2 Å². The average molecular weight is 367 g/mol. The number of hydrogen-bond acceptors (Lipinski definition) is 3. The van der Waals surface area contributed by atoms with Crippen LogP contribution in [-0.2, 0) is 16.1 Å². The maximum atomic E-state index is 12.7. The molecule has 0 bridgehead atoms. The first kappa shape index (κ1) is 18.0. The highest BCUT2D eigenvalue weighted by Crippen LogP contribution is 2.37. The Morgan fingerprint density at radius 2 is 1.63 bits per heavy atom. The quantitative estimate of drug-likeness (QED) is 0.823. The molecular weight excluding hydrogens is 340 g/mol. The van der Waals surface area contributed by atoms with Crippen LogP contribution in [0.2, 0.25) is 0 Å². The Bertz CT molecular complexity index is 855. The van der Waals surface area contributed by atoms with Crippen LogP contribution in [0.15, 0.2) is 36.4 Å². The summed E-state index contributed by atoms with van der Waals surface area (Å²) in [7, 11) is 3.71. The van der Waals surface area contributed by atoms with E-state index in [1.807, 2.05) is 19.2 Å². The van der Waals surface area contributed by atoms with Gasteiger partial charge in [0.1, 0.15) is 12.3 Å². The summed E-state index contributed by atoms with van der Waals surface area (Å²) in [5.74, 6) is 0.833. The maximum Gasteiger partial charge on any atom is 0.237 e. The van der Waals surface area contributed by atoms with E-state index >= 15 is 0 Å². The molecule has 2 aromatic rings. The van der Waals surface area contributed by atoms with E-state index in [1.54, 1.807) is 7.11 Å². The van der Waals surface area contributed by atoms with E-state index < -0.39 is 0 Å². The van der Waals surface area contributed by atoms with Crippen molar-refractivity contribution in [2.75, 3.05) is 20.8 Å². The smallest absolute Gasteiger partial charge is 0.237 e. The summed E-state index contributed by atoms with van der Waals surface area (Å²) >= 11 is 0. The summed E-state index contributed by atoms with van der Waals surface area (Å²) < 4.78 is 5.28. The molecule has 2 fully saturated rings. The number of imide groups is 1. The summed E-state index contributed by atoms with van der Waals surface area (Å²) in [6.07, 6.45) is 3.88. The van der Waals surface area contributed by atoms with Crippen LogP contribution in [0.1, 0.15) is 31.2 Å². The van der Waals surface area contributed by atoms with Crippen molar-refractivity contribution >= 4 is 22.6 Å². The van der Waals surface area contributed by atoms with Crippen molar-refractivity contribution in [1.29, 1.82) is 0 Å². The van der Waals surface area contributed by atoms with Gasteiger partial charge >= 0.3 is 0 Å². The van der Waals surface area contributed by atoms with Gasteiger partial charge in [-0.15, -0.1) is 0 Å². The van der Waals surface area contributed by atoms with Gasteiger partial charge in [-0.3, -0.25) is 9.59 Å². The molecule has 5 heteroatoms. The molecule has 2 aliphatic rings. The number of benzene rings is 2. The van der Waals surface area contributed by atoms with Gasteiger partial charge in [0, 0.05) is 5.56 Å². The molecular formula is C22H27N2O3+. The van der Waals surface area contributed by atoms with Crippen LogP contribution in [0.5, 0.6) is 5.75 Å². The molecule has 1 unspecified atom stereocenters. The zero-order valence-electron chi connectivity index (χ0n) is 16.0. The molecule has 142 valence electrons. The fourth-order valence-electron chi connectivity index (χ4n) is 4.57. The van der Waals surface area contributed by atoms with Crippen LogP contribution in [0.3, 0.4) is 0 Å². The fraction of sp³-hybridized carbons (Fsp3) is 0.455. The Hall–Kier alpha value is -2.40. The number of fused-ring (bicyclic) bond motifs is 2. The summed E-state index contributed by atoms with van der Waals surface area (Å²) in [6, 6.07) is 12.4. The first-order chi connectivity index (χ1) is 13.1. The molecule has 2 aromatic carbocycles. The minimum Gasteiger partial charge on any atom is -0.497 e. The second-order valence-electron chi connectivity index (χ2n) is 7.94. The predicted octanol–water partition coefficient (Wildman–Crippen LogP) is 2.00. The predicted molar refractivity (Wildman–Crippen MR) is 103 cm³/mol. The number of carbonyl (C=O) groups is 2. The highest BCUT2D eigenvalue weighted by molar-refractivity contribution is 6.05. The molecule has 0 spiro atoms. The number of carbonyl (C=O) groups excluding carboxylic acids is 2. The van der Waals surface area contributed by atoms with Gasteiger partial charge in [0.15, 0.2) is 6.67 Å². The maximum absolute atomic E-state index is 12.7. The molecule has 1 heterocycles. The molecule has 1 aliphatic carbocycles. The second kappa shape index (κ2) is 7.31. The van der Waals surface area contributed by atoms with E-state index in [9.17, 15) is 9.59 Å². The molecule has 2 amide bonds. The van der Waals surface area contributed by atoms with Crippen LogP contribution < -0.4 is 9.64 Å². The molecule has 5 nitrogen and oxygen atoms in total. The van der Waals surface area contributed by atoms with Crippen LogP contribution in [-0.4, -0.2) is 37.5 Å². The van der Waals surface area contributed by atoms with Crippen LogP contribution in [0, 0.1) is 11.8 Å². The van der Waals surface area contributed by atoms with Gasteiger partial charge < -0.3 is 9.64 Å². The van der Waals surface area contributed by atoms with Crippen LogP contribution in [0.25, 0.3) is 10.8 Å². The Morgan fingerprint density at radius 1 is 1.00 bits per heavy atom. The zero-order chi connectivity index (χ0) is 19.0. The highest BCUT2D eigenvalue weighted by atomic mass is 16.5. The lowest BCUT2D eigenvalue weighted by Crippen LogP contribution is -3.09. The highest BCUT2D eigenvalue weighted by Gasteiger charge is 2.48. The topological polar surface area (TPSA) is 51.1 Å². The van der Waals surface area contributed by atoms with Crippen molar-refractivity contribution in [3.8, 4) is 5.75 Å². The molecule has 0 radical (unpaired) electrons. The minimum atomic E-state index is -0.0605. The molecule has 4 rings (SSSR count). The van der Waals surface area contributed by atoms with Gasteiger partial charge in [-0.1, -0.05) is 31.0 Å². The SMILES string of the molecule is COc1ccc2cc(C[NH+](C)CN3C(=O)[C@H]4CCCC[C@H]4C3=O)ccc2c1. The van der Waals surface area contributed by atoms with Crippen molar-refractivity contribution in [3.63, 3.8) is 0 Å². The summed E-state index contributed by atoms with van der Waals surface area (Å²) in [6.45, 7) is 1.22. The lowest BCUT2D eigenvalue weighted by Gasteiger charge is -2.21. The third-order valence-electron chi connectivity index (χ3n) is 5.98. The largest absolute Gasteiger partial charge is 0.497 e. The van der Waals surface area contributed by atoms with Crippen molar-refractivity contribution in [2.24, 2.45) is 11.8 Å². The fourth-order valence-corrected chi connectivity index (χ4v) is 4.57. The number of ether oxygens (including phenoxy) is 1. The van der Waals surface area contributed by atoms with Gasteiger partial charge in [0.05, 0.1) is 26.0 Å². The van der Waals surface area contributed by atoms with E-state index in [0.717, 1.165) is 48.3 Å². The average Bonchev–Trinajstić information content (AvgIpc) is 2.92. The molecule has 1 N–H and O–H groups in total. The van der Waals surface area contributed by atoms with E-state index in [-0.39, 0.29) is 23.7 Å². The Balaban J connectivity index is 1.44. The van der Waals surface area contributed by atoms with E-state index in [1.165, 1.54) is 15.8 Å². The first-order valence-corrected chi connectivity index (χ1v) is 9.80. The molecule has 1 saturated carbocycles. The first-order valence-electron chi connectivity index (χ1n) is 9.80. The van der Waals surface area contributed by atoms with Crippen LogP contribution in [0.4, 0.5) is 0 Å². The number of hydrogen-bond donors (Lipinski definition) is 1. The lowest BCUT2D eigenvalue weighted by molar-refractivity contribution is -0.901. The number of quaternary nitrogens is 1.